The van der Waals surface area contributed by atoms with Gasteiger partial charge in [0.15, 0.2) is 18.0 Å². The summed E-state index contributed by atoms with van der Waals surface area (Å²) in [6, 6.07) is 15.0. The van der Waals surface area contributed by atoms with Crippen LogP contribution >= 0.6 is 0 Å². The van der Waals surface area contributed by atoms with E-state index in [1.807, 2.05) is 54.7 Å². The third-order valence-electron chi connectivity index (χ3n) is 2.65. The number of aromatic nitrogens is 1. The molecule has 1 heterocycles. The zero-order chi connectivity index (χ0) is 13.5. The molecule has 1 amide bonds. The standard InChI is InChI=1S/C15H16N2O2/c1-12(19-14-8-3-2-4-9-14)15(18)17-11-13-7-5-6-10-16-13/h2-10,12H,11H2,1H3,(H,17,18)/p+1. The fraction of sp³-hybridized carbons (Fsp3) is 0.200. The second-order valence-corrected chi connectivity index (χ2v) is 4.18. The minimum Gasteiger partial charge on any atom is -0.481 e. The van der Waals surface area contributed by atoms with Crippen LogP contribution in [0.25, 0.3) is 0 Å². The number of rotatable bonds is 5. The summed E-state index contributed by atoms with van der Waals surface area (Å²) >= 11 is 0. The van der Waals surface area contributed by atoms with Crippen LogP contribution in [0, 0.1) is 0 Å². The number of amides is 1. The van der Waals surface area contributed by atoms with Gasteiger partial charge in [0.2, 0.25) is 0 Å². The molecule has 0 aliphatic rings. The van der Waals surface area contributed by atoms with E-state index in [-0.39, 0.29) is 5.91 Å². The number of para-hydroxylation sites is 1. The van der Waals surface area contributed by atoms with E-state index in [1.165, 1.54) is 0 Å². The summed E-state index contributed by atoms with van der Waals surface area (Å²) in [5.74, 6) is 0.553. The van der Waals surface area contributed by atoms with E-state index in [9.17, 15) is 4.79 Å². The predicted molar refractivity (Wildman–Crippen MR) is 71.4 cm³/mol. The molecule has 98 valence electrons. The molecule has 0 radical (unpaired) electrons. The number of H-pyrrole nitrogens is 1. The van der Waals surface area contributed by atoms with Gasteiger partial charge in [0.25, 0.3) is 5.91 Å². The molecule has 4 heteroatoms. The van der Waals surface area contributed by atoms with Crippen LogP contribution in [0.1, 0.15) is 12.6 Å². The average Bonchev–Trinajstić information content (AvgIpc) is 2.47. The summed E-state index contributed by atoms with van der Waals surface area (Å²) in [6.45, 7) is 2.19. The lowest BCUT2D eigenvalue weighted by Crippen LogP contribution is -2.37. The maximum atomic E-state index is 11.9. The van der Waals surface area contributed by atoms with E-state index < -0.39 is 6.10 Å². The number of pyridine rings is 1. The minimum absolute atomic E-state index is 0.138. The number of ether oxygens (including phenoxy) is 1. The summed E-state index contributed by atoms with van der Waals surface area (Å²) in [5, 5.41) is 2.82. The number of carbonyl (C=O) groups excluding carboxylic acids is 1. The average molecular weight is 257 g/mol. The first-order valence-electron chi connectivity index (χ1n) is 6.21. The molecule has 0 aliphatic heterocycles. The number of hydrogen-bond acceptors (Lipinski definition) is 2. The number of carbonyl (C=O) groups is 1. The Morgan fingerprint density at radius 2 is 1.95 bits per heavy atom. The fourth-order valence-electron chi connectivity index (χ4n) is 1.62. The number of benzene rings is 1. The van der Waals surface area contributed by atoms with Crippen LogP contribution in [-0.2, 0) is 11.3 Å². The van der Waals surface area contributed by atoms with Crippen molar-refractivity contribution < 1.29 is 14.5 Å². The van der Waals surface area contributed by atoms with Gasteiger partial charge in [-0.25, -0.2) is 4.98 Å². The van der Waals surface area contributed by atoms with Crippen LogP contribution in [0.2, 0.25) is 0 Å². The Morgan fingerprint density at radius 1 is 1.21 bits per heavy atom. The smallest absolute Gasteiger partial charge is 0.261 e. The van der Waals surface area contributed by atoms with Crippen LogP contribution in [0.3, 0.4) is 0 Å². The maximum absolute atomic E-state index is 11.9. The van der Waals surface area contributed by atoms with Crippen molar-refractivity contribution in [2.75, 3.05) is 0 Å². The van der Waals surface area contributed by atoms with Crippen LogP contribution in [0.15, 0.2) is 54.7 Å². The SMILES string of the molecule is CC(Oc1ccccc1)C(=O)NCc1cccc[nH+]1. The molecule has 1 aromatic heterocycles. The van der Waals surface area contributed by atoms with Gasteiger partial charge in [0, 0.05) is 12.1 Å². The summed E-state index contributed by atoms with van der Waals surface area (Å²) in [4.78, 5) is 14.9. The first kappa shape index (κ1) is 13.1. The van der Waals surface area contributed by atoms with E-state index in [4.69, 9.17) is 4.74 Å². The van der Waals surface area contributed by atoms with Gasteiger partial charge < -0.3 is 10.1 Å². The van der Waals surface area contributed by atoms with Crippen molar-refractivity contribution in [2.24, 2.45) is 0 Å². The van der Waals surface area contributed by atoms with Gasteiger partial charge in [-0.3, -0.25) is 4.79 Å². The van der Waals surface area contributed by atoms with Gasteiger partial charge in [-0.1, -0.05) is 24.3 Å². The molecule has 0 saturated heterocycles. The Kier molecular flexibility index (Phi) is 4.50. The van der Waals surface area contributed by atoms with Gasteiger partial charge >= 0.3 is 0 Å². The Bertz CT molecular complexity index is 514. The van der Waals surface area contributed by atoms with Crippen molar-refractivity contribution in [1.82, 2.24) is 5.32 Å². The van der Waals surface area contributed by atoms with E-state index in [1.54, 1.807) is 6.92 Å². The molecule has 0 bridgehead atoms. The molecular formula is C15H17N2O2+. The highest BCUT2D eigenvalue weighted by Gasteiger charge is 2.14. The van der Waals surface area contributed by atoms with Crippen LogP contribution < -0.4 is 15.0 Å². The molecule has 0 aliphatic carbocycles. The van der Waals surface area contributed by atoms with Crippen LogP contribution in [0.5, 0.6) is 5.75 Å². The zero-order valence-electron chi connectivity index (χ0n) is 10.8. The lowest BCUT2D eigenvalue weighted by molar-refractivity contribution is -0.390. The van der Waals surface area contributed by atoms with Gasteiger partial charge in [-0.05, 0) is 19.1 Å². The molecule has 1 atom stereocenters. The normalized spacial score (nSPS) is 11.6. The zero-order valence-corrected chi connectivity index (χ0v) is 10.8. The van der Waals surface area contributed by atoms with Gasteiger partial charge in [0.1, 0.15) is 12.3 Å². The molecule has 0 fully saturated rings. The first-order valence-corrected chi connectivity index (χ1v) is 6.21. The van der Waals surface area contributed by atoms with E-state index in [0.29, 0.717) is 12.3 Å². The molecule has 1 aromatic carbocycles. The second kappa shape index (κ2) is 6.54. The van der Waals surface area contributed by atoms with Crippen LogP contribution in [0.4, 0.5) is 0 Å². The molecule has 0 saturated carbocycles. The summed E-state index contributed by atoms with van der Waals surface area (Å²) in [6.07, 6.45) is 1.30. The second-order valence-electron chi connectivity index (χ2n) is 4.18. The van der Waals surface area contributed by atoms with Crippen LogP contribution in [-0.4, -0.2) is 12.0 Å². The molecular weight excluding hydrogens is 240 g/mol. The van der Waals surface area contributed by atoms with Gasteiger partial charge in [-0.2, -0.15) is 0 Å². The maximum Gasteiger partial charge on any atom is 0.261 e. The summed E-state index contributed by atoms with van der Waals surface area (Å²) in [7, 11) is 0. The van der Waals surface area contributed by atoms with Crippen molar-refractivity contribution in [3.05, 3.63) is 60.4 Å². The van der Waals surface area contributed by atoms with Crippen molar-refractivity contribution >= 4 is 5.91 Å². The summed E-state index contributed by atoms with van der Waals surface area (Å²) < 4.78 is 5.54. The molecule has 2 aromatic rings. The Morgan fingerprint density at radius 3 is 2.63 bits per heavy atom. The number of aromatic amines is 1. The molecule has 1 unspecified atom stereocenters. The topological polar surface area (TPSA) is 52.5 Å². The van der Waals surface area contributed by atoms with Crippen molar-refractivity contribution in [3.63, 3.8) is 0 Å². The fourth-order valence-corrected chi connectivity index (χ4v) is 1.62. The highest BCUT2D eigenvalue weighted by molar-refractivity contribution is 5.80. The molecule has 0 spiro atoms. The van der Waals surface area contributed by atoms with Crippen molar-refractivity contribution in [1.29, 1.82) is 0 Å². The Hall–Kier alpha value is -2.36. The largest absolute Gasteiger partial charge is 0.481 e. The summed E-state index contributed by atoms with van der Waals surface area (Å²) in [5.41, 5.74) is 0.947. The van der Waals surface area contributed by atoms with E-state index in [0.717, 1.165) is 5.69 Å². The monoisotopic (exact) mass is 257 g/mol. The number of hydrogen-bond donors (Lipinski definition) is 1. The third kappa shape index (κ3) is 4.10. The number of nitrogens with one attached hydrogen (secondary N) is 2. The van der Waals surface area contributed by atoms with E-state index >= 15 is 0 Å². The third-order valence-corrected chi connectivity index (χ3v) is 2.65. The van der Waals surface area contributed by atoms with Gasteiger partial charge in [0.05, 0.1) is 0 Å². The molecule has 2 rings (SSSR count). The first-order chi connectivity index (χ1) is 9.25. The van der Waals surface area contributed by atoms with Crippen molar-refractivity contribution in [2.45, 2.75) is 19.6 Å². The van der Waals surface area contributed by atoms with Gasteiger partial charge in [-0.15, -0.1) is 0 Å². The molecule has 4 nitrogen and oxygen atoms in total. The van der Waals surface area contributed by atoms with Crippen molar-refractivity contribution in [3.8, 4) is 5.75 Å². The lowest BCUT2D eigenvalue weighted by Gasteiger charge is -2.13. The Labute approximate surface area is 112 Å². The lowest BCUT2D eigenvalue weighted by atomic mass is 10.3. The molecule has 2 N–H and O–H groups in total. The van der Waals surface area contributed by atoms with E-state index in [2.05, 4.69) is 10.3 Å². The Balaban J connectivity index is 1.83. The predicted octanol–water partition coefficient (Wildman–Crippen LogP) is 1.58. The highest BCUT2D eigenvalue weighted by atomic mass is 16.5. The quantitative estimate of drug-likeness (QED) is 0.884. The minimum atomic E-state index is -0.522. The highest BCUT2D eigenvalue weighted by Crippen LogP contribution is 2.10. The molecule has 19 heavy (non-hydrogen) atoms.